The van der Waals surface area contributed by atoms with E-state index in [4.69, 9.17) is 0 Å². The smallest absolute Gasteiger partial charge is 0.246 e. The second kappa shape index (κ2) is 8.92. The van der Waals surface area contributed by atoms with E-state index in [-0.39, 0.29) is 72.7 Å². The quantitative estimate of drug-likeness (QED) is 0.545. The largest absolute Gasteiger partial charge is 0.300 e. The van der Waals surface area contributed by atoms with Crippen LogP contribution in [-0.4, -0.2) is 68.3 Å². The Hall–Kier alpha value is -3.52. The Morgan fingerprint density at radius 2 is 1.06 bits per heavy atom. The van der Waals surface area contributed by atoms with Crippen LogP contribution in [0.4, 0.5) is 10.3 Å². The molecule has 4 heterocycles. The molecule has 0 bridgehead atoms. The molecule has 2 aromatic rings. The van der Waals surface area contributed by atoms with Gasteiger partial charge < -0.3 is 10.6 Å². The zero-order valence-electron chi connectivity index (χ0n) is 16.5. The Labute approximate surface area is 188 Å². The van der Waals surface area contributed by atoms with E-state index in [1.807, 2.05) is 0 Å². The van der Waals surface area contributed by atoms with Crippen molar-refractivity contribution in [1.82, 2.24) is 19.8 Å². The number of carbonyl (C=O) groups excluding carboxylic acids is 6. The molecular weight excluding hydrogens is 460 g/mol. The van der Waals surface area contributed by atoms with E-state index in [9.17, 15) is 28.8 Å². The van der Waals surface area contributed by atoms with E-state index in [1.54, 1.807) is 10.8 Å². The number of anilines is 2. The van der Waals surface area contributed by atoms with Crippen molar-refractivity contribution < 1.29 is 28.8 Å². The zero-order valence-corrected chi connectivity index (χ0v) is 18.1. The molecule has 0 saturated carbocycles. The lowest BCUT2D eigenvalue weighted by Crippen LogP contribution is -2.36. The average molecular weight is 476 g/mol. The molecular formula is C18H16N6O6S2. The molecule has 14 heteroatoms. The highest BCUT2D eigenvalue weighted by Gasteiger charge is 2.31. The minimum Gasteiger partial charge on any atom is -0.300 e. The number of imide groups is 2. The van der Waals surface area contributed by atoms with Crippen LogP contribution in [-0.2, 0) is 28.8 Å². The third kappa shape index (κ3) is 4.70. The van der Waals surface area contributed by atoms with Crippen LogP contribution in [0.1, 0.15) is 25.7 Å². The van der Waals surface area contributed by atoms with Crippen LogP contribution in [0.3, 0.4) is 0 Å². The van der Waals surface area contributed by atoms with Crippen LogP contribution in [0.2, 0.25) is 0 Å². The first-order valence-corrected chi connectivity index (χ1v) is 11.2. The molecule has 2 N–H and O–H groups in total. The number of hydrogen-bond acceptors (Lipinski definition) is 10. The van der Waals surface area contributed by atoms with Crippen LogP contribution >= 0.6 is 22.7 Å². The van der Waals surface area contributed by atoms with Crippen molar-refractivity contribution in [2.45, 2.75) is 25.7 Å². The highest BCUT2D eigenvalue weighted by atomic mass is 32.1. The van der Waals surface area contributed by atoms with Crippen molar-refractivity contribution in [2.75, 3.05) is 23.7 Å². The molecule has 32 heavy (non-hydrogen) atoms. The van der Waals surface area contributed by atoms with Crippen molar-refractivity contribution in [1.29, 1.82) is 0 Å². The van der Waals surface area contributed by atoms with Crippen LogP contribution in [0.15, 0.2) is 10.8 Å². The van der Waals surface area contributed by atoms with E-state index in [0.29, 0.717) is 11.4 Å². The number of carbonyl (C=O) groups is 6. The van der Waals surface area contributed by atoms with Gasteiger partial charge in [0.25, 0.3) is 0 Å². The maximum Gasteiger partial charge on any atom is 0.246 e. The van der Waals surface area contributed by atoms with E-state index in [0.717, 1.165) is 32.5 Å². The summed E-state index contributed by atoms with van der Waals surface area (Å²) < 4.78 is 0. The van der Waals surface area contributed by atoms with Crippen LogP contribution in [0, 0.1) is 0 Å². The minimum atomic E-state index is -0.535. The third-order valence-corrected chi connectivity index (χ3v) is 6.19. The van der Waals surface area contributed by atoms with Gasteiger partial charge in [0.1, 0.15) is 24.5 Å². The molecule has 2 saturated heterocycles. The first-order valence-electron chi connectivity index (χ1n) is 9.47. The lowest BCUT2D eigenvalue weighted by molar-refractivity contribution is -0.142. The van der Waals surface area contributed by atoms with Crippen molar-refractivity contribution in [2.24, 2.45) is 0 Å². The van der Waals surface area contributed by atoms with Gasteiger partial charge in [-0.25, -0.2) is 9.97 Å². The molecule has 2 fully saturated rings. The summed E-state index contributed by atoms with van der Waals surface area (Å²) in [6.45, 7) is -0.719. The number of hydrogen-bond donors (Lipinski definition) is 2. The lowest BCUT2D eigenvalue weighted by Gasteiger charge is -2.12. The van der Waals surface area contributed by atoms with Gasteiger partial charge in [-0.2, -0.15) is 0 Å². The molecule has 0 spiro atoms. The Morgan fingerprint density at radius 1 is 0.719 bits per heavy atom. The number of amides is 6. The molecule has 0 atom stereocenters. The summed E-state index contributed by atoms with van der Waals surface area (Å²) in [6.07, 6.45) is 0.448. The standard InChI is InChI=1S/C18H16N6O6S2/c25-11(5-23-13(27)1-2-14(23)28)21-17-19-9(7-31-17)10-8-32-18(20-10)22-12(26)6-24-15(29)3-4-16(24)30/h7-8H,1-6H2,(H,19,21,25)(H,20,22,26). The molecule has 6 amide bonds. The summed E-state index contributed by atoms with van der Waals surface area (Å²) in [5, 5.41) is 8.95. The first-order chi connectivity index (χ1) is 15.3. The maximum absolute atomic E-state index is 12.1. The zero-order chi connectivity index (χ0) is 22.8. The number of nitrogens with zero attached hydrogens (tertiary/aromatic N) is 4. The minimum absolute atomic E-state index is 0.112. The molecule has 0 radical (unpaired) electrons. The average Bonchev–Trinajstić information content (AvgIpc) is 3.52. The Balaban J connectivity index is 1.32. The molecule has 2 aliphatic rings. The Bertz CT molecular complexity index is 1020. The van der Waals surface area contributed by atoms with E-state index >= 15 is 0 Å². The highest BCUT2D eigenvalue weighted by Crippen LogP contribution is 2.28. The summed E-state index contributed by atoms with van der Waals surface area (Å²) >= 11 is 2.28. The van der Waals surface area contributed by atoms with Crippen LogP contribution in [0.5, 0.6) is 0 Å². The Morgan fingerprint density at radius 3 is 1.41 bits per heavy atom. The van der Waals surface area contributed by atoms with E-state index < -0.39 is 11.8 Å². The second-order valence-corrected chi connectivity index (χ2v) is 8.64. The van der Waals surface area contributed by atoms with Gasteiger partial charge in [0, 0.05) is 36.4 Å². The number of aromatic nitrogens is 2. The second-order valence-electron chi connectivity index (χ2n) is 6.92. The predicted octanol–water partition coefficient (Wildman–Crippen LogP) is 0.442. The summed E-state index contributed by atoms with van der Waals surface area (Å²) in [6, 6.07) is 0. The topological polar surface area (TPSA) is 159 Å². The monoisotopic (exact) mass is 476 g/mol. The van der Waals surface area contributed by atoms with Gasteiger partial charge in [0.2, 0.25) is 35.4 Å². The van der Waals surface area contributed by atoms with Gasteiger partial charge in [0.05, 0.1) is 0 Å². The number of rotatable bonds is 7. The first kappa shape index (κ1) is 21.7. The fourth-order valence-corrected chi connectivity index (χ4v) is 4.54. The fraction of sp³-hybridized carbons (Fsp3) is 0.333. The summed E-state index contributed by atoms with van der Waals surface area (Å²) in [4.78, 5) is 81.0. The van der Waals surface area contributed by atoms with Crippen LogP contribution in [0.25, 0.3) is 11.4 Å². The third-order valence-electron chi connectivity index (χ3n) is 4.68. The molecule has 2 aromatic heterocycles. The van der Waals surface area contributed by atoms with Gasteiger partial charge in [-0.15, -0.1) is 22.7 Å². The van der Waals surface area contributed by atoms with Crippen molar-refractivity contribution in [3.8, 4) is 11.4 Å². The molecule has 12 nitrogen and oxygen atoms in total. The van der Waals surface area contributed by atoms with Crippen molar-refractivity contribution in [3.63, 3.8) is 0 Å². The van der Waals surface area contributed by atoms with Crippen molar-refractivity contribution in [3.05, 3.63) is 10.8 Å². The van der Waals surface area contributed by atoms with Crippen LogP contribution < -0.4 is 10.6 Å². The number of nitrogens with one attached hydrogen (secondary N) is 2. The molecule has 166 valence electrons. The SMILES string of the molecule is O=C(CN1C(=O)CCC1=O)Nc1nc(-c2csc(NC(=O)CN3C(=O)CCC3=O)n2)cs1. The predicted molar refractivity (Wildman–Crippen MR) is 112 cm³/mol. The van der Waals surface area contributed by atoms with E-state index in [1.165, 1.54) is 0 Å². The summed E-state index contributed by atoms with van der Waals surface area (Å²) in [5.74, 6) is -2.57. The van der Waals surface area contributed by atoms with Gasteiger partial charge >= 0.3 is 0 Å². The van der Waals surface area contributed by atoms with Gasteiger partial charge in [0.15, 0.2) is 10.3 Å². The summed E-state index contributed by atoms with van der Waals surface area (Å²) in [7, 11) is 0. The molecule has 2 aliphatic heterocycles. The molecule has 4 rings (SSSR count). The fourth-order valence-electron chi connectivity index (χ4n) is 3.10. The van der Waals surface area contributed by atoms with Gasteiger partial charge in [-0.3, -0.25) is 38.6 Å². The molecule has 0 unspecified atom stereocenters. The normalized spacial score (nSPS) is 16.2. The number of likely N-dealkylation sites (tertiary alicyclic amines) is 2. The lowest BCUT2D eigenvalue weighted by atomic mass is 10.4. The van der Waals surface area contributed by atoms with E-state index in [2.05, 4.69) is 20.6 Å². The summed E-state index contributed by atoms with van der Waals surface area (Å²) in [5.41, 5.74) is 0.917. The number of thiazole rings is 2. The van der Waals surface area contributed by atoms with Gasteiger partial charge in [-0.1, -0.05) is 0 Å². The maximum atomic E-state index is 12.1. The molecule has 0 aliphatic carbocycles. The highest BCUT2D eigenvalue weighted by molar-refractivity contribution is 7.15. The van der Waals surface area contributed by atoms with Gasteiger partial charge in [-0.05, 0) is 0 Å². The van der Waals surface area contributed by atoms with Crippen molar-refractivity contribution >= 4 is 68.4 Å². The Kier molecular flexibility index (Phi) is 6.05. The molecule has 0 aromatic carbocycles.